The highest BCUT2D eigenvalue weighted by molar-refractivity contribution is 7.13. The van der Waals surface area contributed by atoms with Gasteiger partial charge < -0.3 is 15.1 Å². The smallest absolute Gasteiger partial charge is 0.271 e. The van der Waals surface area contributed by atoms with Crippen LogP contribution >= 0.6 is 22.9 Å². The molecule has 1 amide bonds. The molecular weight excluding hydrogens is 394 g/mol. The first-order valence-corrected chi connectivity index (χ1v) is 10.3. The third-order valence-corrected chi connectivity index (χ3v) is 5.80. The summed E-state index contributed by atoms with van der Waals surface area (Å²) in [5.74, 6) is -0.161. The lowest BCUT2D eigenvalue weighted by Gasteiger charge is -2.36. The number of halogens is 1. The molecule has 1 aliphatic heterocycles. The van der Waals surface area contributed by atoms with Gasteiger partial charge in [0, 0.05) is 61.2 Å². The summed E-state index contributed by atoms with van der Waals surface area (Å²) in [6, 6.07) is 11.7. The number of hydrogen-bond donors (Lipinski definition) is 1. The van der Waals surface area contributed by atoms with Crippen molar-refractivity contribution in [3.05, 3.63) is 70.5 Å². The van der Waals surface area contributed by atoms with Gasteiger partial charge in [0.05, 0.1) is 0 Å². The minimum atomic E-state index is -0.161. The van der Waals surface area contributed by atoms with E-state index in [0.29, 0.717) is 12.2 Å². The standard InChI is InChI=1S/C20H20ClN5OS/c21-16-3-5-17(6-4-16)25-8-10-26(11-9-25)20-24-18(14-28-20)19(27)23-13-15-2-1-7-22-12-15/h1-7,12,14H,8-11,13H2,(H,23,27). The monoisotopic (exact) mass is 413 g/mol. The summed E-state index contributed by atoms with van der Waals surface area (Å²) in [7, 11) is 0. The molecule has 0 unspecified atom stereocenters. The Morgan fingerprint density at radius 3 is 2.57 bits per heavy atom. The van der Waals surface area contributed by atoms with Crippen LogP contribution in [-0.4, -0.2) is 42.1 Å². The van der Waals surface area contributed by atoms with Gasteiger partial charge in [-0.15, -0.1) is 11.3 Å². The molecule has 1 N–H and O–H groups in total. The molecule has 3 heterocycles. The van der Waals surface area contributed by atoms with E-state index in [-0.39, 0.29) is 5.91 Å². The van der Waals surface area contributed by atoms with Gasteiger partial charge in [-0.1, -0.05) is 17.7 Å². The fraction of sp³-hybridized carbons (Fsp3) is 0.250. The number of aromatic nitrogens is 2. The normalized spacial score (nSPS) is 14.2. The van der Waals surface area contributed by atoms with Crippen LogP contribution in [0.15, 0.2) is 54.2 Å². The van der Waals surface area contributed by atoms with Gasteiger partial charge >= 0.3 is 0 Å². The van der Waals surface area contributed by atoms with Gasteiger partial charge in [0.15, 0.2) is 5.13 Å². The maximum absolute atomic E-state index is 12.4. The van der Waals surface area contributed by atoms with E-state index >= 15 is 0 Å². The van der Waals surface area contributed by atoms with Crippen molar-refractivity contribution in [1.29, 1.82) is 0 Å². The molecule has 0 saturated carbocycles. The number of nitrogens with one attached hydrogen (secondary N) is 1. The van der Waals surface area contributed by atoms with E-state index in [0.717, 1.165) is 41.9 Å². The molecule has 8 heteroatoms. The van der Waals surface area contributed by atoms with Crippen LogP contribution < -0.4 is 15.1 Å². The highest BCUT2D eigenvalue weighted by Gasteiger charge is 2.21. The average molecular weight is 414 g/mol. The summed E-state index contributed by atoms with van der Waals surface area (Å²) in [5, 5.41) is 6.35. The predicted molar refractivity (Wildman–Crippen MR) is 113 cm³/mol. The Labute approximate surface area is 172 Å². The molecule has 6 nitrogen and oxygen atoms in total. The topological polar surface area (TPSA) is 61.4 Å². The second-order valence-electron chi connectivity index (χ2n) is 6.51. The van der Waals surface area contributed by atoms with Crippen LogP contribution in [0.4, 0.5) is 10.8 Å². The second kappa shape index (κ2) is 8.58. The summed E-state index contributed by atoms with van der Waals surface area (Å²) in [6.07, 6.45) is 3.46. The average Bonchev–Trinajstić information content (AvgIpc) is 3.24. The number of hydrogen-bond acceptors (Lipinski definition) is 6. The summed E-state index contributed by atoms with van der Waals surface area (Å²) in [4.78, 5) is 25.5. The van der Waals surface area contributed by atoms with Gasteiger partial charge in [-0.2, -0.15) is 0 Å². The van der Waals surface area contributed by atoms with Crippen molar-refractivity contribution in [2.45, 2.75) is 6.54 Å². The van der Waals surface area contributed by atoms with E-state index in [9.17, 15) is 4.79 Å². The molecule has 2 aromatic heterocycles. The lowest BCUT2D eigenvalue weighted by Crippen LogP contribution is -2.46. The highest BCUT2D eigenvalue weighted by atomic mass is 35.5. The van der Waals surface area contributed by atoms with E-state index < -0.39 is 0 Å². The van der Waals surface area contributed by atoms with Gasteiger partial charge in [-0.05, 0) is 35.9 Å². The molecule has 0 bridgehead atoms. The highest BCUT2D eigenvalue weighted by Crippen LogP contribution is 2.24. The number of carbonyl (C=O) groups is 1. The van der Waals surface area contributed by atoms with Crippen LogP contribution in [0.2, 0.25) is 5.02 Å². The van der Waals surface area contributed by atoms with Crippen molar-refractivity contribution < 1.29 is 4.79 Å². The fourth-order valence-corrected chi connectivity index (χ4v) is 4.08. The third kappa shape index (κ3) is 4.43. The number of benzene rings is 1. The predicted octanol–water partition coefficient (Wildman–Crippen LogP) is 3.45. The third-order valence-electron chi connectivity index (χ3n) is 4.64. The second-order valence-corrected chi connectivity index (χ2v) is 7.78. The summed E-state index contributed by atoms with van der Waals surface area (Å²) in [5.41, 5.74) is 2.60. The Bertz CT molecular complexity index is 923. The number of amides is 1. The van der Waals surface area contributed by atoms with Crippen LogP contribution in [0.5, 0.6) is 0 Å². The largest absolute Gasteiger partial charge is 0.368 e. The van der Waals surface area contributed by atoms with E-state index in [2.05, 4.69) is 25.1 Å². The number of rotatable bonds is 5. The van der Waals surface area contributed by atoms with Crippen molar-refractivity contribution >= 4 is 39.7 Å². The Hall–Kier alpha value is -2.64. The molecule has 0 radical (unpaired) electrons. The molecule has 1 aromatic carbocycles. The maximum Gasteiger partial charge on any atom is 0.271 e. The molecule has 1 saturated heterocycles. The number of piperazine rings is 1. The molecule has 4 rings (SSSR count). The molecule has 3 aromatic rings. The van der Waals surface area contributed by atoms with Crippen molar-refractivity contribution in [2.24, 2.45) is 0 Å². The number of anilines is 2. The van der Waals surface area contributed by atoms with Gasteiger partial charge in [0.1, 0.15) is 5.69 Å². The van der Waals surface area contributed by atoms with Crippen molar-refractivity contribution in [1.82, 2.24) is 15.3 Å². The molecule has 0 atom stereocenters. The van der Waals surface area contributed by atoms with Crippen molar-refractivity contribution in [2.75, 3.05) is 36.0 Å². The number of thiazole rings is 1. The summed E-state index contributed by atoms with van der Waals surface area (Å²) in [6.45, 7) is 3.99. The van der Waals surface area contributed by atoms with E-state index in [4.69, 9.17) is 11.6 Å². The lowest BCUT2D eigenvalue weighted by atomic mass is 10.2. The maximum atomic E-state index is 12.4. The molecule has 1 fully saturated rings. The van der Waals surface area contributed by atoms with Crippen LogP contribution in [0.25, 0.3) is 0 Å². The lowest BCUT2D eigenvalue weighted by molar-refractivity contribution is 0.0946. The minimum Gasteiger partial charge on any atom is -0.368 e. The number of nitrogens with zero attached hydrogens (tertiary/aromatic N) is 4. The van der Waals surface area contributed by atoms with Crippen molar-refractivity contribution in [3.63, 3.8) is 0 Å². The van der Waals surface area contributed by atoms with Gasteiger partial charge in [-0.3, -0.25) is 9.78 Å². The first-order valence-electron chi connectivity index (χ1n) is 9.07. The molecular formula is C20H20ClN5OS. The Balaban J connectivity index is 1.32. The SMILES string of the molecule is O=C(NCc1cccnc1)c1csc(N2CCN(c3ccc(Cl)cc3)CC2)n1. The number of pyridine rings is 1. The Morgan fingerprint density at radius 2 is 1.86 bits per heavy atom. The van der Waals surface area contributed by atoms with Crippen molar-refractivity contribution in [3.8, 4) is 0 Å². The van der Waals surface area contributed by atoms with Gasteiger partial charge in [-0.25, -0.2) is 4.98 Å². The molecule has 28 heavy (non-hydrogen) atoms. The molecule has 0 spiro atoms. The summed E-state index contributed by atoms with van der Waals surface area (Å²) >= 11 is 7.48. The van der Waals surface area contributed by atoms with Gasteiger partial charge in [0.25, 0.3) is 5.91 Å². The van der Waals surface area contributed by atoms with Crippen LogP contribution in [-0.2, 0) is 6.54 Å². The van der Waals surface area contributed by atoms with E-state index in [1.54, 1.807) is 12.4 Å². The Morgan fingerprint density at radius 1 is 1.11 bits per heavy atom. The van der Waals surface area contributed by atoms with Crippen LogP contribution in [0.1, 0.15) is 16.1 Å². The minimum absolute atomic E-state index is 0.161. The number of carbonyl (C=O) groups excluding carboxylic acids is 1. The first-order chi connectivity index (χ1) is 13.7. The molecule has 144 valence electrons. The molecule has 1 aliphatic rings. The first kappa shape index (κ1) is 18.7. The zero-order valence-electron chi connectivity index (χ0n) is 15.2. The van der Waals surface area contributed by atoms with Crippen LogP contribution in [0, 0.1) is 0 Å². The Kier molecular flexibility index (Phi) is 5.73. The molecule has 0 aliphatic carbocycles. The van der Waals surface area contributed by atoms with E-state index in [1.807, 2.05) is 41.8 Å². The van der Waals surface area contributed by atoms with Crippen LogP contribution in [0.3, 0.4) is 0 Å². The fourth-order valence-electron chi connectivity index (χ4n) is 3.10. The zero-order chi connectivity index (χ0) is 19.3. The zero-order valence-corrected chi connectivity index (χ0v) is 16.8. The van der Waals surface area contributed by atoms with E-state index in [1.165, 1.54) is 17.0 Å². The quantitative estimate of drug-likeness (QED) is 0.694. The summed E-state index contributed by atoms with van der Waals surface area (Å²) < 4.78 is 0. The van der Waals surface area contributed by atoms with Gasteiger partial charge in [0.2, 0.25) is 0 Å².